The maximum absolute atomic E-state index is 12.7. The third kappa shape index (κ3) is 5.13. The Kier molecular flexibility index (Phi) is 6.34. The van der Waals surface area contributed by atoms with Crippen molar-refractivity contribution in [1.82, 2.24) is 9.78 Å². The van der Waals surface area contributed by atoms with Crippen LogP contribution in [0.15, 0.2) is 101 Å². The van der Waals surface area contributed by atoms with Gasteiger partial charge in [0.2, 0.25) is 5.88 Å². The first-order valence-electron chi connectivity index (χ1n) is 9.94. The van der Waals surface area contributed by atoms with Gasteiger partial charge in [-0.05, 0) is 49.8 Å². The maximum atomic E-state index is 12.7. The van der Waals surface area contributed by atoms with E-state index in [-0.39, 0.29) is 0 Å². The highest BCUT2D eigenvalue weighted by atomic mass is 32.2. The molecule has 0 aliphatic rings. The Morgan fingerprint density at radius 2 is 1.55 bits per heavy atom. The van der Waals surface area contributed by atoms with Gasteiger partial charge in [0.1, 0.15) is 0 Å². The molecule has 0 radical (unpaired) electrons. The Bertz CT molecular complexity index is 1200. The molecule has 4 rings (SSSR count). The Hall–Kier alpha value is -3.57. The number of esters is 1. The van der Waals surface area contributed by atoms with Crippen LogP contribution in [-0.2, 0) is 4.79 Å². The average Bonchev–Trinajstić information content (AvgIpc) is 3.10. The predicted octanol–water partition coefficient (Wildman–Crippen LogP) is 6.26. The van der Waals surface area contributed by atoms with Crippen LogP contribution in [0.3, 0.4) is 0 Å². The van der Waals surface area contributed by atoms with Crippen molar-refractivity contribution in [3.63, 3.8) is 0 Å². The van der Waals surface area contributed by atoms with Crippen molar-refractivity contribution in [2.45, 2.75) is 23.6 Å². The molecule has 0 aliphatic heterocycles. The molecule has 1 aromatic heterocycles. The van der Waals surface area contributed by atoms with Crippen molar-refractivity contribution < 1.29 is 9.53 Å². The van der Waals surface area contributed by atoms with Gasteiger partial charge in [0, 0.05) is 11.0 Å². The van der Waals surface area contributed by atoms with Gasteiger partial charge in [-0.2, -0.15) is 9.78 Å². The number of nitrogens with zero attached hydrogens (tertiary/aromatic N) is 2. The van der Waals surface area contributed by atoms with Gasteiger partial charge < -0.3 is 4.74 Å². The maximum Gasteiger partial charge on any atom is 0.337 e. The van der Waals surface area contributed by atoms with Gasteiger partial charge in [-0.15, -0.1) is 0 Å². The number of para-hydroxylation sites is 1. The van der Waals surface area contributed by atoms with E-state index in [4.69, 9.17) is 4.74 Å². The van der Waals surface area contributed by atoms with Crippen LogP contribution in [0.5, 0.6) is 5.88 Å². The van der Waals surface area contributed by atoms with Crippen molar-refractivity contribution in [2.24, 2.45) is 0 Å². The Morgan fingerprint density at radius 1 is 0.903 bits per heavy atom. The molecule has 3 aromatic carbocycles. The van der Waals surface area contributed by atoms with E-state index < -0.39 is 5.97 Å². The number of aryl methyl sites for hydroxylation is 2. The minimum absolute atomic E-state index is 0.414. The molecule has 0 amide bonds. The average molecular weight is 427 g/mol. The quantitative estimate of drug-likeness (QED) is 0.270. The highest BCUT2D eigenvalue weighted by Crippen LogP contribution is 2.39. The molecule has 0 saturated heterocycles. The summed E-state index contributed by atoms with van der Waals surface area (Å²) in [6.45, 7) is 3.98. The number of hydrogen-bond donors (Lipinski definition) is 0. The number of hydrogen-bond acceptors (Lipinski definition) is 4. The van der Waals surface area contributed by atoms with Gasteiger partial charge in [-0.1, -0.05) is 78.0 Å². The molecule has 4 nitrogen and oxygen atoms in total. The Labute approximate surface area is 186 Å². The van der Waals surface area contributed by atoms with Crippen molar-refractivity contribution in [2.75, 3.05) is 0 Å². The molecule has 0 atom stereocenters. The topological polar surface area (TPSA) is 44.1 Å². The summed E-state index contributed by atoms with van der Waals surface area (Å²) in [6.07, 6.45) is 3.18. The number of benzene rings is 3. The summed E-state index contributed by atoms with van der Waals surface area (Å²) >= 11 is 1.54. The van der Waals surface area contributed by atoms with E-state index in [0.717, 1.165) is 26.7 Å². The summed E-state index contributed by atoms with van der Waals surface area (Å²) in [5, 5.41) is 4.66. The molecular formula is C26H22N2O2S. The minimum atomic E-state index is -0.452. The summed E-state index contributed by atoms with van der Waals surface area (Å²) in [5.74, 6) is -0.0383. The van der Waals surface area contributed by atoms with Gasteiger partial charge >= 0.3 is 5.97 Å². The highest BCUT2D eigenvalue weighted by molar-refractivity contribution is 7.99. The number of rotatable bonds is 6. The summed E-state index contributed by atoms with van der Waals surface area (Å²) in [7, 11) is 0. The van der Waals surface area contributed by atoms with Crippen LogP contribution < -0.4 is 4.74 Å². The fourth-order valence-electron chi connectivity index (χ4n) is 3.02. The van der Waals surface area contributed by atoms with Crippen LogP contribution >= 0.6 is 11.8 Å². The molecule has 4 aromatic rings. The molecule has 0 bridgehead atoms. The van der Waals surface area contributed by atoms with Crippen LogP contribution in [0.25, 0.3) is 11.8 Å². The predicted molar refractivity (Wildman–Crippen MR) is 125 cm³/mol. The van der Waals surface area contributed by atoms with Gasteiger partial charge in [0.25, 0.3) is 0 Å². The van der Waals surface area contributed by atoms with E-state index in [0.29, 0.717) is 5.88 Å². The zero-order valence-electron chi connectivity index (χ0n) is 17.4. The summed E-state index contributed by atoms with van der Waals surface area (Å²) in [5.41, 5.74) is 3.75. The second-order valence-corrected chi connectivity index (χ2v) is 8.13. The van der Waals surface area contributed by atoms with Crippen molar-refractivity contribution >= 4 is 23.8 Å². The number of ether oxygens (including phenoxy) is 1. The fourth-order valence-corrected chi connectivity index (χ4v) is 3.94. The molecule has 0 unspecified atom stereocenters. The standard InChI is InChI=1S/C26H22N2O2S/c1-19-13-16-23(17-14-19)31-25-20(2)27-28(22-11-7-4-8-12-22)26(25)30-24(29)18-15-21-9-5-3-6-10-21/h3-18H,1-2H3. The third-order valence-electron chi connectivity index (χ3n) is 4.62. The molecule has 0 N–H and O–H groups in total. The van der Waals surface area contributed by atoms with E-state index in [1.165, 1.54) is 23.4 Å². The smallest absolute Gasteiger partial charge is 0.337 e. The normalized spacial score (nSPS) is 11.0. The lowest BCUT2D eigenvalue weighted by Crippen LogP contribution is -2.09. The third-order valence-corrected chi connectivity index (χ3v) is 5.80. The van der Waals surface area contributed by atoms with Crippen molar-refractivity contribution in [3.05, 3.63) is 108 Å². The van der Waals surface area contributed by atoms with Gasteiger partial charge in [0.05, 0.1) is 16.3 Å². The summed E-state index contributed by atoms with van der Waals surface area (Å²) in [4.78, 5) is 14.5. The highest BCUT2D eigenvalue weighted by Gasteiger charge is 2.21. The molecule has 1 heterocycles. The summed E-state index contributed by atoms with van der Waals surface area (Å²) in [6, 6.07) is 27.6. The second-order valence-electron chi connectivity index (χ2n) is 7.05. The molecule has 0 spiro atoms. The van der Waals surface area contributed by atoms with E-state index >= 15 is 0 Å². The second kappa shape index (κ2) is 9.49. The monoisotopic (exact) mass is 426 g/mol. The molecule has 5 heteroatoms. The summed E-state index contributed by atoms with van der Waals surface area (Å²) < 4.78 is 7.50. The van der Waals surface area contributed by atoms with Crippen LogP contribution in [0.4, 0.5) is 0 Å². The molecule has 31 heavy (non-hydrogen) atoms. The first-order valence-corrected chi connectivity index (χ1v) is 10.8. The van der Waals surface area contributed by atoms with Crippen LogP contribution in [0, 0.1) is 13.8 Å². The zero-order chi connectivity index (χ0) is 21.6. The minimum Gasteiger partial charge on any atom is -0.403 e. The molecule has 0 aliphatic carbocycles. The van der Waals surface area contributed by atoms with Gasteiger partial charge in [-0.25, -0.2) is 4.79 Å². The van der Waals surface area contributed by atoms with Crippen molar-refractivity contribution in [3.8, 4) is 11.6 Å². The number of aromatic nitrogens is 2. The van der Waals surface area contributed by atoms with E-state index in [1.54, 1.807) is 10.8 Å². The Balaban J connectivity index is 1.68. The van der Waals surface area contributed by atoms with E-state index in [1.807, 2.05) is 67.6 Å². The fraction of sp³-hybridized carbons (Fsp3) is 0.0769. The molecular weight excluding hydrogens is 404 g/mol. The lowest BCUT2D eigenvalue weighted by atomic mass is 10.2. The Morgan fingerprint density at radius 3 is 2.23 bits per heavy atom. The first kappa shape index (κ1) is 20.7. The molecule has 0 saturated carbocycles. The number of carbonyl (C=O) groups is 1. The largest absolute Gasteiger partial charge is 0.403 e. The van der Waals surface area contributed by atoms with Crippen LogP contribution in [0.2, 0.25) is 0 Å². The number of carbonyl (C=O) groups excluding carboxylic acids is 1. The van der Waals surface area contributed by atoms with Crippen molar-refractivity contribution in [1.29, 1.82) is 0 Å². The van der Waals surface area contributed by atoms with Crippen LogP contribution in [-0.4, -0.2) is 15.7 Å². The van der Waals surface area contributed by atoms with Gasteiger partial charge in [0.15, 0.2) is 0 Å². The lowest BCUT2D eigenvalue weighted by molar-refractivity contribution is -0.129. The SMILES string of the molecule is Cc1ccc(Sc2c(C)nn(-c3ccccc3)c2OC(=O)C=Cc2ccccc2)cc1. The van der Waals surface area contributed by atoms with E-state index in [9.17, 15) is 4.79 Å². The first-order chi connectivity index (χ1) is 15.1. The van der Waals surface area contributed by atoms with E-state index in [2.05, 4.69) is 36.3 Å². The van der Waals surface area contributed by atoms with Gasteiger partial charge in [-0.3, -0.25) is 0 Å². The lowest BCUT2D eigenvalue weighted by Gasteiger charge is -2.09. The van der Waals surface area contributed by atoms with Crippen LogP contribution in [0.1, 0.15) is 16.8 Å². The molecule has 154 valence electrons. The zero-order valence-corrected chi connectivity index (χ0v) is 18.2. The molecule has 0 fully saturated rings.